The lowest BCUT2D eigenvalue weighted by Crippen LogP contribution is -2.40. The third-order valence-corrected chi connectivity index (χ3v) is 4.76. The quantitative estimate of drug-likeness (QED) is 0.882. The molecule has 2 heterocycles. The van der Waals surface area contributed by atoms with Crippen LogP contribution in [0.4, 0.5) is 4.79 Å². The number of amides is 2. The Bertz CT molecular complexity index is 695. The normalized spacial score (nSPS) is 16.3. The molecule has 1 aliphatic rings. The average molecular weight is 332 g/mol. The molecule has 3 rings (SSSR count). The van der Waals surface area contributed by atoms with Crippen molar-refractivity contribution < 1.29 is 9.59 Å². The van der Waals surface area contributed by atoms with Crippen LogP contribution in [0.5, 0.6) is 0 Å². The number of fused-ring (bicyclic) bond motifs is 1. The molecule has 0 radical (unpaired) electrons. The van der Waals surface area contributed by atoms with Crippen LogP contribution in [0.15, 0.2) is 24.3 Å². The van der Waals surface area contributed by atoms with E-state index in [1.54, 1.807) is 4.90 Å². The van der Waals surface area contributed by atoms with Crippen molar-refractivity contribution >= 4 is 33.9 Å². The van der Waals surface area contributed by atoms with Crippen molar-refractivity contribution in [2.45, 2.75) is 19.9 Å². The minimum Gasteiger partial charge on any atom is -0.344 e. The number of thioether (sulfide) groups is 1. The third kappa shape index (κ3) is 3.50. The van der Waals surface area contributed by atoms with E-state index in [9.17, 15) is 9.59 Å². The first-order valence-electron chi connectivity index (χ1n) is 7.70. The van der Waals surface area contributed by atoms with E-state index in [1.807, 2.05) is 38.1 Å². The van der Waals surface area contributed by atoms with Crippen LogP contribution in [0.1, 0.15) is 25.7 Å². The van der Waals surface area contributed by atoms with Gasteiger partial charge in [-0.3, -0.25) is 9.59 Å². The number of para-hydroxylation sites is 2. The Morgan fingerprint density at radius 2 is 2.22 bits per heavy atom. The lowest BCUT2D eigenvalue weighted by atomic mass is 10.0. The van der Waals surface area contributed by atoms with Crippen LogP contribution in [0.3, 0.4) is 0 Å². The fourth-order valence-electron chi connectivity index (χ4n) is 2.63. The van der Waals surface area contributed by atoms with Crippen molar-refractivity contribution in [1.29, 1.82) is 0 Å². The summed E-state index contributed by atoms with van der Waals surface area (Å²) in [6.45, 7) is 4.81. The van der Waals surface area contributed by atoms with E-state index in [2.05, 4.69) is 15.3 Å². The molecule has 1 fully saturated rings. The molecule has 0 aliphatic carbocycles. The molecule has 2 amide bonds. The first kappa shape index (κ1) is 15.9. The number of H-pyrrole nitrogens is 1. The van der Waals surface area contributed by atoms with Crippen molar-refractivity contribution in [3.8, 4) is 0 Å². The van der Waals surface area contributed by atoms with E-state index in [1.165, 1.54) is 11.8 Å². The molecular weight excluding hydrogens is 312 g/mol. The fourth-order valence-corrected chi connectivity index (χ4v) is 3.46. The number of carbonyl (C=O) groups is 2. The van der Waals surface area contributed by atoms with Crippen molar-refractivity contribution in [2.24, 2.45) is 5.92 Å². The van der Waals surface area contributed by atoms with Crippen LogP contribution in [0.25, 0.3) is 11.0 Å². The van der Waals surface area contributed by atoms with Gasteiger partial charge in [0, 0.05) is 12.3 Å². The Morgan fingerprint density at radius 3 is 2.87 bits per heavy atom. The average Bonchev–Trinajstić information content (AvgIpc) is 3.11. The van der Waals surface area contributed by atoms with Gasteiger partial charge in [0.1, 0.15) is 12.4 Å². The Labute approximate surface area is 139 Å². The maximum Gasteiger partial charge on any atom is 0.282 e. The summed E-state index contributed by atoms with van der Waals surface area (Å²) in [5.74, 6) is 1.53. The molecule has 0 saturated carbocycles. The van der Waals surface area contributed by atoms with E-state index in [4.69, 9.17) is 0 Å². The highest BCUT2D eigenvalue weighted by atomic mass is 32.2. The van der Waals surface area contributed by atoms with Gasteiger partial charge >= 0.3 is 0 Å². The number of aromatic nitrogens is 2. The summed E-state index contributed by atoms with van der Waals surface area (Å²) in [6, 6.07) is 7.58. The highest BCUT2D eigenvalue weighted by Gasteiger charge is 2.26. The second kappa shape index (κ2) is 6.62. The SMILES string of the molecule is CC(C)[C@H](NC(=O)CN1CCSC1=O)c1nc2ccccc2[nH]1. The Balaban J connectivity index is 1.73. The van der Waals surface area contributed by atoms with Crippen molar-refractivity contribution in [3.63, 3.8) is 0 Å². The summed E-state index contributed by atoms with van der Waals surface area (Å²) in [7, 11) is 0. The lowest BCUT2D eigenvalue weighted by molar-refractivity contribution is -0.122. The van der Waals surface area contributed by atoms with E-state index < -0.39 is 0 Å². The zero-order valence-corrected chi connectivity index (χ0v) is 14.0. The smallest absolute Gasteiger partial charge is 0.282 e. The number of nitrogens with one attached hydrogen (secondary N) is 2. The molecule has 0 spiro atoms. The molecule has 1 aromatic heterocycles. The van der Waals surface area contributed by atoms with Crippen LogP contribution in [-0.4, -0.2) is 44.9 Å². The van der Waals surface area contributed by atoms with Gasteiger partial charge in [-0.15, -0.1) is 0 Å². The van der Waals surface area contributed by atoms with Gasteiger partial charge in [-0.1, -0.05) is 37.7 Å². The molecule has 6 nitrogen and oxygen atoms in total. The molecule has 1 aliphatic heterocycles. The molecule has 2 N–H and O–H groups in total. The van der Waals surface area contributed by atoms with Gasteiger partial charge in [0.15, 0.2) is 0 Å². The number of aromatic amines is 1. The molecule has 2 aromatic rings. The Hall–Kier alpha value is -2.02. The first-order chi connectivity index (χ1) is 11.0. The van der Waals surface area contributed by atoms with Crippen LogP contribution < -0.4 is 5.32 Å². The number of imidazole rings is 1. The summed E-state index contributed by atoms with van der Waals surface area (Å²) in [5.41, 5.74) is 1.84. The number of benzene rings is 1. The van der Waals surface area contributed by atoms with E-state index in [0.29, 0.717) is 6.54 Å². The molecule has 0 bridgehead atoms. The molecular formula is C16H20N4O2S. The number of carbonyl (C=O) groups excluding carboxylic acids is 2. The van der Waals surface area contributed by atoms with Gasteiger partial charge in [-0.05, 0) is 18.1 Å². The summed E-state index contributed by atoms with van der Waals surface area (Å²) in [5, 5.41) is 2.98. The molecule has 1 aromatic carbocycles. The lowest BCUT2D eigenvalue weighted by Gasteiger charge is -2.22. The Kier molecular flexibility index (Phi) is 4.56. The monoisotopic (exact) mass is 332 g/mol. The van der Waals surface area contributed by atoms with E-state index in [-0.39, 0.29) is 29.7 Å². The molecule has 1 saturated heterocycles. The standard InChI is InChI=1S/C16H20N4O2S/c1-10(2)14(15-17-11-5-3-4-6-12(11)18-15)19-13(21)9-20-7-8-23-16(20)22/h3-6,10,14H,7-9H2,1-2H3,(H,17,18)(H,19,21)/t14-/m0/s1. The predicted molar refractivity (Wildman–Crippen MR) is 91.2 cm³/mol. The van der Waals surface area contributed by atoms with Gasteiger partial charge in [-0.2, -0.15) is 0 Å². The van der Waals surface area contributed by atoms with Gasteiger partial charge in [0.05, 0.1) is 17.1 Å². The fraction of sp³-hybridized carbons (Fsp3) is 0.438. The molecule has 7 heteroatoms. The Morgan fingerprint density at radius 1 is 1.43 bits per heavy atom. The van der Waals surface area contributed by atoms with Crippen LogP contribution in [0, 0.1) is 5.92 Å². The number of rotatable bonds is 5. The molecule has 23 heavy (non-hydrogen) atoms. The van der Waals surface area contributed by atoms with E-state index in [0.717, 1.165) is 22.6 Å². The van der Waals surface area contributed by atoms with Crippen molar-refractivity contribution in [1.82, 2.24) is 20.2 Å². The highest BCUT2D eigenvalue weighted by Crippen LogP contribution is 2.22. The second-order valence-corrected chi connectivity index (χ2v) is 7.01. The highest BCUT2D eigenvalue weighted by molar-refractivity contribution is 8.13. The number of nitrogens with zero attached hydrogens (tertiary/aromatic N) is 2. The zero-order valence-electron chi connectivity index (χ0n) is 13.2. The number of hydrogen-bond donors (Lipinski definition) is 2. The van der Waals surface area contributed by atoms with Crippen molar-refractivity contribution in [2.75, 3.05) is 18.8 Å². The summed E-state index contributed by atoms with van der Waals surface area (Å²) < 4.78 is 0. The maximum atomic E-state index is 12.3. The largest absolute Gasteiger partial charge is 0.344 e. The van der Waals surface area contributed by atoms with Gasteiger partial charge in [-0.25, -0.2) is 4.98 Å². The summed E-state index contributed by atoms with van der Waals surface area (Å²) >= 11 is 1.26. The van der Waals surface area contributed by atoms with Gasteiger partial charge < -0.3 is 15.2 Å². The third-order valence-electron chi connectivity index (χ3n) is 3.86. The van der Waals surface area contributed by atoms with Gasteiger partial charge in [0.25, 0.3) is 5.24 Å². The maximum absolute atomic E-state index is 12.3. The molecule has 122 valence electrons. The summed E-state index contributed by atoms with van der Waals surface area (Å²) in [6.07, 6.45) is 0. The minimum atomic E-state index is -0.208. The molecule has 0 unspecified atom stereocenters. The van der Waals surface area contributed by atoms with Crippen LogP contribution >= 0.6 is 11.8 Å². The molecule has 1 atom stereocenters. The number of hydrogen-bond acceptors (Lipinski definition) is 4. The summed E-state index contributed by atoms with van der Waals surface area (Å²) in [4.78, 5) is 33.3. The minimum absolute atomic E-state index is 0.0232. The van der Waals surface area contributed by atoms with Gasteiger partial charge in [0.2, 0.25) is 5.91 Å². The predicted octanol–water partition coefficient (Wildman–Crippen LogP) is 2.54. The zero-order chi connectivity index (χ0) is 16.4. The van der Waals surface area contributed by atoms with Crippen LogP contribution in [-0.2, 0) is 4.79 Å². The van der Waals surface area contributed by atoms with Crippen molar-refractivity contribution in [3.05, 3.63) is 30.1 Å². The first-order valence-corrected chi connectivity index (χ1v) is 8.69. The topological polar surface area (TPSA) is 78.1 Å². The second-order valence-electron chi connectivity index (χ2n) is 5.96. The van der Waals surface area contributed by atoms with Crippen LogP contribution in [0.2, 0.25) is 0 Å². The van der Waals surface area contributed by atoms with E-state index >= 15 is 0 Å².